The second-order valence-corrected chi connectivity index (χ2v) is 12.4. The third-order valence-corrected chi connectivity index (χ3v) is 9.33. The van der Waals surface area contributed by atoms with Crippen molar-refractivity contribution in [1.29, 1.82) is 0 Å². The van der Waals surface area contributed by atoms with Crippen LogP contribution in [0.3, 0.4) is 0 Å². The molecule has 0 bridgehead atoms. The molecule has 7 nitrogen and oxygen atoms in total. The summed E-state index contributed by atoms with van der Waals surface area (Å²) in [4.78, 5) is 35.3. The number of carbonyl (C=O) groups excluding carboxylic acids is 3. The summed E-state index contributed by atoms with van der Waals surface area (Å²) in [6, 6.07) is -1.35. The predicted octanol–water partition coefficient (Wildman–Crippen LogP) is 1.33. The summed E-state index contributed by atoms with van der Waals surface area (Å²) in [5, 5.41) is 5.33. The van der Waals surface area contributed by atoms with Crippen molar-refractivity contribution in [2.24, 2.45) is 0 Å². The van der Waals surface area contributed by atoms with Crippen LogP contribution in [0, 0.1) is 0 Å². The lowest BCUT2D eigenvalue weighted by atomic mass is 10.1. The van der Waals surface area contributed by atoms with Gasteiger partial charge in [0.1, 0.15) is 12.1 Å². The molecular formula is C16H30N2O5Si. The molecule has 1 rings (SSSR count). The molecule has 1 heterocycles. The fourth-order valence-electron chi connectivity index (χ4n) is 2.12. The van der Waals surface area contributed by atoms with Crippen LogP contribution in [0.15, 0.2) is 0 Å². The van der Waals surface area contributed by atoms with Crippen molar-refractivity contribution in [3.05, 3.63) is 0 Å². The fraction of sp³-hybridized carbons (Fsp3) is 0.812. The Hall–Kier alpha value is -1.41. The number of rotatable bonds is 7. The number of hydrogen-bond acceptors (Lipinski definition) is 5. The highest BCUT2D eigenvalue weighted by Crippen LogP contribution is 2.36. The van der Waals surface area contributed by atoms with E-state index in [0.29, 0.717) is 25.9 Å². The molecule has 0 unspecified atom stereocenters. The maximum atomic E-state index is 12.2. The minimum atomic E-state index is -1.91. The van der Waals surface area contributed by atoms with Gasteiger partial charge in [0.15, 0.2) is 8.32 Å². The van der Waals surface area contributed by atoms with E-state index >= 15 is 0 Å². The molecule has 1 saturated heterocycles. The number of methoxy groups -OCH3 is 1. The molecule has 0 saturated carbocycles. The maximum absolute atomic E-state index is 12.2. The van der Waals surface area contributed by atoms with Crippen molar-refractivity contribution in [3.63, 3.8) is 0 Å². The molecule has 2 N–H and O–H groups in total. The summed E-state index contributed by atoms with van der Waals surface area (Å²) >= 11 is 0. The van der Waals surface area contributed by atoms with Gasteiger partial charge in [-0.1, -0.05) is 20.8 Å². The van der Waals surface area contributed by atoms with Crippen LogP contribution in [0.2, 0.25) is 18.1 Å². The van der Waals surface area contributed by atoms with Crippen LogP contribution in [0.1, 0.15) is 40.0 Å². The Morgan fingerprint density at radius 1 is 1.38 bits per heavy atom. The Balaban J connectivity index is 2.58. The third kappa shape index (κ3) is 5.59. The van der Waals surface area contributed by atoms with E-state index in [4.69, 9.17) is 9.16 Å². The van der Waals surface area contributed by atoms with Crippen LogP contribution < -0.4 is 10.6 Å². The van der Waals surface area contributed by atoms with E-state index in [9.17, 15) is 14.4 Å². The minimum absolute atomic E-state index is 0.0745. The van der Waals surface area contributed by atoms with E-state index in [1.54, 1.807) is 0 Å². The van der Waals surface area contributed by atoms with E-state index in [1.165, 1.54) is 7.11 Å². The molecule has 8 heteroatoms. The Kier molecular flexibility index (Phi) is 6.97. The summed E-state index contributed by atoms with van der Waals surface area (Å²) in [6.07, 6.45) is 1.11. The van der Waals surface area contributed by atoms with Crippen molar-refractivity contribution in [3.8, 4) is 0 Å². The van der Waals surface area contributed by atoms with Crippen LogP contribution in [-0.2, 0) is 23.5 Å². The van der Waals surface area contributed by atoms with Gasteiger partial charge in [0, 0.05) is 19.4 Å². The topological polar surface area (TPSA) is 93.7 Å². The Labute approximate surface area is 145 Å². The molecular weight excluding hydrogens is 328 g/mol. The first-order valence-electron chi connectivity index (χ1n) is 8.29. The van der Waals surface area contributed by atoms with E-state index in [1.807, 2.05) is 0 Å². The molecule has 0 radical (unpaired) electrons. The van der Waals surface area contributed by atoms with Crippen molar-refractivity contribution in [2.45, 2.75) is 70.2 Å². The molecule has 1 fully saturated rings. The lowest BCUT2D eigenvalue weighted by Gasteiger charge is -2.36. The van der Waals surface area contributed by atoms with Crippen LogP contribution in [0.5, 0.6) is 0 Å². The smallest absolute Gasteiger partial charge is 0.328 e. The Morgan fingerprint density at radius 3 is 2.46 bits per heavy atom. The molecule has 24 heavy (non-hydrogen) atoms. The predicted molar refractivity (Wildman–Crippen MR) is 92.9 cm³/mol. The van der Waals surface area contributed by atoms with Crippen molar-refractivity contribution >= 4 is 26.1 Å². The Bertz CT molecular complexity index is 487. The average molecular weight is 359 g/mol. The summed E-state index contributed by atoms with van der Waals surface area (Å²) in [6.45, 7) is 11.1. The first-order chi connectivity index (χ1) is 11.0. The number of esters is 1. The molecule has 1 aliphatic heterocycles. The first kappa shape index (κ1) is 20.6. The molecule has 0 aromatic carbocycles. The number of ether oxygens (including phenoxy) is 1. The molecule has 0 aromatic heterocycles. The summed E-state index contributed by atoms with van der Waals surface area (Å²) in [5.74, 6) is -1.01. The maximum Gasteiger partial charge on any atom is 0.328 e. The normalized spacial score (nSPS) is 19.6. The second-order valence-electron chi connectivity index (χ2n) is 7.64. The highest BCUT2D eigenvalue weighted by molar-refractivity contribution is 6.74. The van der Waals surface area contributed by atoms with Gasteiger partial charge in [-0.3, -0.25) is 9.59 Å². The summed E-state index contributed by atoms with van der Waals surface area (Å²) in [7, 11) is -0.628. The highest BCUT2D eigenvalue weighted by Gasteiger charge is 2.37. The second kappa shape index (κ2) is 8.11. The SMILES string of the molecule is COC(=O)[C@@H](CCO[Si](C)(C)C(C)(C)C)NC(=O)[C@H]1CCC(=O)N1. The van der Waals surface area contributed by atoms with Crippen molar-refractivity contribution in [2.75, 3.05) is 13.7 Å². The van der Waals surface area contributed by atoms with Crippen LogP contribution in [-0.4, -0.2) is 51.9 Å². The molecule has 138 valence electrons. The van der Waals surface area contributed by atoms with Gasteiger partial charge in [-0.25, -0.2) is 4.79 Å². The summed E-state index contributed by atoms with van der Waals surface area (Å²) < 4.78 is 10.8. The fourth-order valence-corrected chi connectivity index (χ4v) is 3.18. The Morgan fingerprint density at radius 2 is 2.00 bits per heavy atom. The number of nitrogens with one attached hydrogen (secondary N) is 2. The average Bonchev–Trinajstić information content (AvgIpc) is 2.90. The number of amides is 2. The van der Waals surface area contributed by atoms with Gasteiger partial charge in [0.2, 0.25) is 11.8 Å². The molecule has 1 aliphatic rings. The van der Waals surface area contributed by atoms with Crippen LogP contribution >= 0.6 is 0 Å². The summed E-state index contributed by atoms with van der Waals surface area (Å²) in [5.41, 5.74) is 0. The van der Waals surface area contributed by atoms with E-state index < -0.39 is 26.4 Å². The molecule has 0 spiro atoms. The van der Waals surface area contributed by atoms with Gasteiger partial charge in [-0.05, 0) is 24.6 Å². The van der Waals surface area contributed by atoms with Gasteiger partial charge in [0.25, 0.3) is 0 Å². The minimum Gasteiger partial charge on any atom is -0.467 e. The van der Waals surface area contributed by atoms with E-state index in [2.05, 4.69) is 44.5 Å². The van der Waals surface area contributed by atoms with Crippen LogP contribution in [0.25, 0.3) is 0 Å². The van der Waals surface area contributed by atoms with Crippen LogP contribution in [0.4, 0.5) is 0 Å². The quantitative estimate of drug-likeness (QED) is 0.529. The number of hydrogen-bond donors (Lipinski definition) is 2. The first-order valence-corrected chi connectivity index (χ1v) is 11.2. The number of carbonyl (C=O) groups is 3. The lowest BCUT2D eigenvalue weighted by Crippen LogP contribution is -2.50. The van der Waals surface area contributed by atoms with E-state index in [-0.39, 0.29) is 16.9 Å². The lowest BCUT2D eigenvalue weighted by molar-refractivity contribution is -0.145. The monoisotopic (exact) mass is 358 g/mol. The zero-order valence-electron chi connectivity index (χ0n) is 15.5. The molecule has 0 aliphatic carbocycles. The molecule has 2 atom stereocenters. The van der Waals surface area contributed by atoms with Crippen molar-refractivity contribution in [1.82, 2.24) is 10.6 Å². The van der Waals surface area contributed by atoms with Crippen molar-refractivity contribution < 1.29 is 23.5 Å². The van der Waals surface area contributed by atoms with Gasteiger partial charge in [0.05, 0.1) is 7.11 Å². The van der Waals surface area contributed by atoms with E-state index in [0.717, 1.165) is 0 Å². The van der Waals surface area contributed by atoms with Gasteiger partial charge >= 0.3 is 5.97 Å². The largest absolute Gasteiger partial charge is 0.467 e. The standard InChI is InChI=1S/C16H30N2O5Si/c1-16(2,3)24(5,6)23-10-9-12(15(21)22-4)18-14(20)11-7-8-13(19)17-11/h11-12H,7-10H2,1-6H3,(H,17,19)(H,18,20)/t11-,12-/m1/s1. The van der Waals surface area contributed by atoms with Gasteiger partial charge in [-0.15, -0.1) is 0 Å². The third-order valence-electron chi connectivity index (χ3n) is 4.79. The zero-order valence-corrected chi connectivity index (χ0v) is 16.5. The zero-order chi connectivity index (χ0) is 18.5. The molecule has 2 amide bonds. The molecule has 0 aromatic rings. The van der Waals surface area contributed by atoms with Gasteiger partial charge < -0.3 is 19.8 Å². The van der Waals surface area contributed by atoms with Gasteiger partial charge in [-0.2, -0.15) is 0 Å². The highest BCUT2D eigenvalue weighted by atomic mass is 28.4.